The van der Waals surface area contributed by atoms with Gasteiger partial charge in [0.25, 0.3) is 0 Å². The molecule has 200 valence electrons. The third-order valence-electron chi connectivity index (χ3n) is 7.43. The van der Waals surface area contributed by atoms with Gasteiger partial charge in [-0.3, -0.25) is 14.8 Å². The maximum Gasteiger partial charge on any atom is 0.413 e. The first-order chi connectivity index (χ1) is 18.9. The molecule has 0 radical (unpaired) electrons. The van der Waals surface area contributed by atoms with Crippen molar-refractivity contribution in [3.8, 4) is 22.3 Å². The van der Waals surface area contributed by atoms with Gasteiger partial charge in [-0.15, -0.1) is 0 Å². The summed E-state index contributed by atoms with van der Waals surface area (Å²) in [7, 11) is 1.76. The van der Waals surface area contributed by atoms with Crippen molar-refractivity contribution in [1.29, 1.82) is 0 Å². The molecule has 8 nitrogen and oxygen atoms in total. The van der Waals surface area contributed by atoms with Crippen molar-refractivity contribution in [2.75, 3.05) is 18.5 Å². The highest BCUT2D eigenvalue weighted by atomic mass is 16.6. The second-order valence-corrected chi connectivity index (χ2v) is 9.77. The summed E-state index contributed by atoms with van der Waals surface area (Å²) in [6.07, 6.45) is 1.69. The zero-order valence-corrected chi connectivity index (χ0v) is 22.0. The summed E-state index contributed by atoms with van der Waals surface area (Å²) in [6, 6.07) is 25.2. The second-order valence-electron chi connectivity index (χ2n) is 9.77. The summed E-state index contributed by atoms with van der Waals surface area (Å²) in [4.78, 5) is 24.8. The maximum absolute atomic E-state index is 12.7. The quantitative estimate of drug-likeness (QED) is 0.298. The third-order valence-corrected chi connectivity index (χ3v) is 7.43. The van der Waals surface area contributed by atoms with Gasteiger partial charge in [0, 0.05) is 25.8 Å². The van der Waals surface area contributed by atoms with Crippen molar-refractivity contribution in [3.05, 3.63) is 96.2 Å². The van der Waals surface area contributed by atoms with E-state index in [0.717, 1.165) is 33.4 Å². The third kappa shape index (κ3) is 5.42. The minimum atomic E-state index is -0.898. The average Bonchev–Trinajstić information content (AvgIpc) is 3.33. The van der Waals surface area contributed by atoms with Gasteiger partial charge in [0.15, 0.2) is 0 Å². The van der Waals surface area contributed by atoms with Crippen LogP contribution < -0.4 is 5.32 Å². The highest BCUT2D eigenvalue weighted by molar-refractivity contribution is 5.90. The summed E-state index contributed by atoms with van der Waals surface area (Å²) in [5, 5.41) is 17.1. The number of benzene rings is 3. The number of carbonyl (C=O) groups is 2. The molecule has 1 saturated heterocycles. The molecule has 0 aliphatic carbocycles. The molecule has 3 aromatic carbocycles. The van der Waals surface area contributed by atoms with Crippen LogP contribution in [0.2, 0.25) is 0 Å². The Morgan fingerprint density at radius 1 is 0.949 bits per heavy atom. The Kier molecular flexibility index (Phi) is 7.47. The summed E-state index contributed by atoms with van der Waals surface area (Å²) >= 11 is 0. The van der Waals surface area contributed by atoms with Gasteiger partial charge in [-0.1, -0.05) is 78.9 Å². The molecule has 39 heavy (non-hydrogen) atoms. The average molecular weight is 526 g/mol. The van der Waals surface area contributed by atoms with E-state index >= 15 is 0 Å². The van der Waals surface area contributed by atoms with Crippen molar-refractivity contribution >= 4 is 17.9 Å². The van der Waals surface area contributed by atoms with Crippen molar-refractivity contribution in [1.82, 2.24) is 9.78 Å². The van der Waals surface area contributed by atoms with Crippen molar-refractivity contribution < 1.29 is 24.2 Å². The van der Waals surface area contributed by atoms with E-state index in [-0.39, 0.29) is 0 Å². The van der Waals surface area contributed by atoms with E-state index in [9.17, 15) is 14.7 Å². The van der Waals surface area contributed by atoms with E-state index in [2.05, 4.69) is 10.4 Å². The smallest absolute Gasteiger partial charge is 0.413 e. The SMILES string of the molecule is CC(OC(=O)Nc1c(-c2ccc(-c3ccc(C4(C(=O)O)CCOCC4)cc3)cc2)cnn1C)c1ccccc1. The number of aryl methyl sites for hydroxylation is 1. The highest BCUT2D eigenvalue weighted by Gasteiger charge is 2.41. The molecule has 0 saturated carbocycles. The van der Waals surface area contributed by atoms with E-state index in [1.165, 1.54) is 0 Å². The molecular formula is C31H31N3O5. The van der Waals surface area contributed by atoms with E-state index in [1.54, 1.807) is 17.9 Å². The van der Waals surface area contributed by atoms with Crippen molar-refractivity contribution in [2.24, 2.45) is 7.05 Å². The normalized spacial score (nSPS) is 15.3. The summed E-state index contributed by atoms with van der Waals surface area (Å²) in [6.45, 7) is 2.73. The van der Waals surface area contributed by atoms with Crippen LogP contribution >= 0.6 is 0 Å². The standard InChI is InChI=1S/C31H31N3O5/c1-21(22-6-4-3-5-7-22)39-30(37)33-28-27(20-32-34(28)2)25-10-8-23(9-11-25)24-12-14-26(15-13-24)31(29(35)36)16-18-38-19-17-31/h3-15,20-21H,16-19H2,1-2H3,(H,33,37)(H,35,36). The maximum atomic E-state index is 12.7. The van der Waals surface area contributed by atoms with Gasteiger partial charge in [0.05, 0.1) is 11.6 Å². The van der Waals surface area contributed by atoms with E-state index in [0.29, 0.717) is 31.9 Å². The van der Waals surface area contributed by atoms with Crippen LogP contribution in [0.25, 0.3) is 22.3 Å². The summed E-state index contributed by atoms with van der Waals surface area (Å²) in [5.74, 6) is -0.269. The Bertz CT molecular complexity index is 1440. The minimum absolute atomic E-state index is 0.398. The molecule has 4 aromatic rings. The van der Waals surface area contributed by atoms with Crippen LogP contribution in [0, 0.1) is 0 Å². The topological polar surface area (TPSA) is 103 Å². The zero-order chi connectivity index (χ0) is 27.4. The molecule has 1 aromatic heterocycles. The molecule has 5 rings (SSSR count). The zero-order valence-electron chi connectivity index (χ0n) is 22.0. The predicted molar refractivity (Wildman–Crippen MR) is 148 cm³/mol. The number of hydrogen-bond acceptors (Lipinski definition) is 5. The van der Waals surface area contributed by atoms with Crippen LogP contribution in [0.1, 0.15) is 37.0 Å². The van der Waals surface area contributed by atoms with Gasteiger partial charge < -0.3 is 14.6 Å². The monoisotopic (exact) mass is 525 g/mol. The Morgan fingerprint density at radius 3 is 2.15 bits per heavy atom. The number of aliphatic carboxylic acids is 1. The fourth-order valence-corrected chi connectivity index (χ4v) is 5.05. The Labute approximate surface area is 227 Å². The number of hydrogen-bond donors (Lipinski definition) is 2. The van der Waals surface area contributed by atoms with Crippen molar-refractivity contribution in [2.45, 2.75) is 31.3 Å². The minimum Gasteiger partial charge on any atom is -0.481 e. The molecule has 2 N–H and O–H groups in total. The largest absolute Gasteiger partial charge is 0.481 e. The summed E-state index contributed by atoms with van der Waals surface area (Å²) < 4.78 is 12.6. The second kappa shape index (κ2) is 11.1. The lowest BCUT2D eigenvalue weighted by Gasteiger charge is -2.33. The molecule has 1 amide bonds. The van der Waals surface area contributed by atoms with Crippen LogP contribution in [-0.4, -0.2) is 40.2 Å². The molecule has 2 heterocycles. The lowest BCUT2D eigenvalue weighted by Crippen LogP contribution is -2.41. The van der Waals surface area contributed by atoms with E-state index < -0.39 is 23.6 Å². The number of ether oxygens (including phenoxy) is 2. The molecular weight excluding hydrogens is 494 g/mol. The highest BCUT2D eigenvalue weighted by Crippen LogP contribution is 2.37. The van der Waals surface area contributed by atoms with Crippen LogP contribution in [0.3, 0.4) is 0 Å². The number of rotatable bonds is 7. The van der Waals surface area contributed by atoms with Crippen LogP contribution in [0.4, 0.5) is 10.6 Å². The molecule has 1 fully saturated rings. The van der Waals surface area contributed by atoms with Crippen LogP contribution in [0.15, 0.2) is 85.1 Å². The lowest BCUT2D eigenvalue weighted by molar-refractivity contribution is -0.147. The molecule has 1 aliphatic rings. The number of amides is 1. The van der Waals surface area contributed by atoms with Crippen molar-refractivity contribution in [3.63, 3.8) is 0 Å². The van der Waals surface area contributed by atoms with Gasteiger partial charge in [0.2, 0.25) is 0 Å². The number of nitrogens with one attached hydrogen (secondary N) is 1. The molecule has 8 heteroatoms. The number of anilines is 1. The fraction of sp³-hybridized carbons (Fsp3) is 0.258. The van der Waals surface area contributed by atoms with Gasteiger partial charge in [-0.25, -0.2) is 4.79 Å². The van der Waals surface area contributed by atoms with Crippen LogP contribution in [0.5, 0.6) is 0 Å². The van der Waals surface area contributed by atoms with Gasteiger partial charge in [0.1, 0.15) is 11.9 Å². The van der Waals surface area contributed by atoms with Gasteiger partial charge in [-0.2, -0.15) is 5.10 Å². The molecule has 0 bridgehead atoms. The molecule has 0 spiro atoms. The number of carboxylic acid groups (broad SMARTS) is 1. The molecule has 1 unspecified atom stereocenters. The number of carboxylic acids is 1. The first-order valence-corrected chi connectivity index (χ1v) is 12.9. The Balaban J connectivity index is 1.31. The Morgan fingerprint density at radius 2 is 1.54 bits per heavy atom. The van der Waals surface area contributed by atoms with Gasteiger partial charge in [-0.05, 0) is 47.6 Å². The molecule has 1 atom stereocenters. The number of carbonyl (C=O) groups excluding carboxylic acids is 1. The summed E-state index contributed by atoms with van der Waals surface area (Å²) in [5.41, 5.74) is 4.46. The molecule has 1 aliphatic heterocycles. The first-order valence-electron chi connectivity index (χ1n) is 12.9. The predicted octanol–water partition coefficient (Wildman–Crippen LogP) is 6.20. The first kappa shape index (κ1) is 26.2. The van der Waals surface area contributed by atoms with Crippen LogP contribution in [-0.2, 0) is 26.7 Å². The fourth-order valence-electron chi connectivity index (χ4n) is 5.05. The van der Waals surface area contributed by atoms with Gasteiger partial charge >= 0.3 is 12.1 Å². The Hall–Kier alpha value is -4.43. The number of aromatic nitrogens is 2. The van der Waals surface area contributed by atoms with E-state index in [4.69, 9.17) is 9.47 Å². The number of nitrogens with zero attached hydrogens (tertiary/aromatic N) is 2. The van der Waals surface area contributed by atoms with E-state index in [1.807, 2.05) is 85.8 Å². The lowest BCUT2D eigenvalue weighted by atomic mass is 9.74.